The summed E-state index contributed by atoms with van der Waals surface area (Å²) < 4.78 is 10.4. The number of hydrogen-bond donors (Lipinski definition) is 5. The van der Waals surface area contributed by atoms with E-state index in [0.29, 0.717) is 12.2 Å². The van der Waals surface area contributed by atoms with E-state index in [-0.39, 0.29) is 12.6 Å². The highest BCUT2D eigenvalue weighted by molar-refractivity contribution is 5.89. The third-order valence-electron chi connectivity index (χ3n) is 4.82. The average molecular weight is 476 g/mol. The third-order valence-corrected chi connectivity index (χ3v) is 4.82. The van der Waals surface area contributed by atoms with Gasteiger partial charge in [-0.3, -0.25) is 0 Å². The summed E-state index contributed by atoms with van der Waals surface area (Å²) in [5, 5.41) is 38.9. The molecule has 0 saturated carbocycles. The normalized spacial score (nSPS) is 12.4. The number of carboxylic acid groups (broad SMARTS) is 2. The SMILES string of the molecule is COc1ccc(C(O)C(NCCCCCO)c2ccc(OC)cc2)cc1.O=C(O)/C=C/C(=O)O. The Morgan fingerprint density at radius 1 is 0.824 bits per heavy atom. The van der Waals surface area contributed by atoms with E-state index in [0.717, 1.165) is 48.4 Å². The molecular formula is C25H33NO8. The molecule has 2 atom stereocenters. The number of hydrogen-bond acceptors (Lipinski definition) is 7. The Labute approximate surface area is 199 Å². The van der Waals surface area contributed by atoms with E-state index in [1.165, 1.54) is 0 Å². The number of aliphatic hydroxyl groups excluding tert-OH is 2. The van der Waals surface area contributed by atoms with E-state index in [1.807, 2.05) is 48.5 Å². The largest absolute Gasteiger partial charge is 0.497 e. The van der Waals surface area contributed by atoms with E-state index in [2.05, 4.69) is 5.32 Å². The molecule has 2 aromatic rings. The Balaban J connectivity index is 0.000000620. The van der Waals surface area contributed by atoms with Crippen molar-refractivity contribution in [1.82, 2.24) is 5.32 Å². The number of methoxy groups -OCH3 is 2. The fraction of sp³-hybridized carbons (Fsp3) is 0.360. The summed E-state index contributed by atoms with van der Waals surface area (Å²) in [6.45, 7) is 0.986. The van der Waals surface area contributed by atoms with E-state index in [1.54, 1.807) is 14.2 Å². The predicted octanol–water partition coefficient (Wildman–Crippen LogP) is 2.94. The van der Waals surface area contributed by atoms with Crippen molar-refractivity contribution in [2.24, 2.45) is 0 Å². The van der Waals surface area contributed by atoms with Crippen molar-refractivity contribution in [3.8, 4) is 11.5 Å². The molecule has 0 radical (unpaired) electrons. The number of benzene rings is 2. The molecule has 2 aromatic carbocycles. The van der Waals surface area contributed by atoms with Crippen LogP contribution in [0.1, 0.15) is 42.5 Å². The Morgan fingerprint density at radius 2 is 1.29 bits per heavy atom. The van der Waals surface area contributed by atoms with Gasteiger partial charge >= 0.3 is 11.9 Å². The van der Waals surface area contributed by atoms with Crippen molar-refractivity contribution in [2.45, 2.75) is 31.4 Å². The Kier molecular flexibility index (Phi) is 13.7. The predicted molar refractivity (Wildman–Crippen MR) is 127 cm³/mol. The molecule has 2 rings (SSSR count). The summed E-state index contributed by atoms with van der Waals surface area (Å²) in [4.78, 5) is 19.1. The summed E-state index contributed by atoms with van der Waals surface area (Å²) in [6, 6.07) is 15.0. The number of ether oxygens (including phenoxy) is 2. The maximum Gasteiger partial charge on any atom is 0.328 e. The lowest BCUT2D eigenvalue weighted by Gasteiger charge is -2.25. The van der Waals surface area contributed by atoms with Gasteiger partial charge in [-0.25, -0.2) is 9.59 Å². The van der Waals surface area contributed by atoms with E-state index in [4.69, 9.17) is 24.8 Å². The van der Waals surface area contributed by atoms with Crippen molar-refractivity contribution in [3.05, 3.63) is 71.8 Å². The molecule has 0 bridgehead atoms. The van der Waals surface area contributed by atoms with Gasteiger partial charge in [0.15, 0.2) is 0 Å². The minimum atomic E-state index is -1.26. The second-order valence-corrected chi connectivity index (χ2v) is 7.22. The molecule has 186 valence electrons. The van der Waals surface area contributed by atoms with Crippen LogP contribution in [0.4, 0.5) is 0 Å². The van der Waals surface area contributed by atoms with Gasteiger partial charge < -0.3 is 35.2 Å². The van der Waals surface area contributed by atoms with Crippen molar-refractivity contribution in [2.75, 3.05) is 27.4 Å². The van der Waals surface area contributed by atoms with Gasteiger partial charge in [-0.05, 0) is 61.2 Å². The summed E-state index contributed by atoms with van der Waals surface area (Å²) in [5.74, 6) is -0.965. The van der Waals surface area contributed by atoms with Gasteiger partial charge in [0.1, 0.15) is 11.5 Å². The van der Waals surface area contributed by atoms with E-state index >= 15 is 0 Å². The lowest BCUT2D eigenvalue weighted by atomic mass is 9.95. The van der Waals surface area contributed by atoms with Gasteiger partial charge in [0.05, 0.1) is 26.4 Å². The molecule has 0 aromatic heterocycles. The minimum absolute atomic E-state index is 0.219. The summed E-state index contributed by atoms with van der Waals surface area (Å²) >= 11 is 0. The Hall–Kier alpha value is -3.40. The van der Waals surface area contributed by atoms with Crippen molar-refractivity contribution in [3.63, 3.8) is 0 Å². The van der Waals surface area contributed by atoms with Crippen LogP contribution in [-0.4, -0.2) is 59.7 Å². The fourth-order valence-electron chi connectivity index (χ4n) is 3.03. The van der Waals surface area contributed by atoms with Crippen LogP contribution in [0.25, 0.3) is 0 Å². The second-order valence-electron chi connectivity index (χ2n) is 7.22. The number of carboxylic acids is 2. The van der Waals surface area contributed by atoms with Crippen LogP contribution in [0.3, 0.4) is 0 Å². The van der Waals surface area contributed by atoms with Crippen LogP contribution in [0, 0.1) is 0 Å². The summed E-state index contributed by atoms with van der Waals surface area (Å²) in [5.41, 5.74) is 1.82. The molecule has 9 heteroatoms. The summed E-state index contributed by atoms with van der Waals surface area (Å²) in [6.07, 6.45) is 3.13. The van der Waals surface area contributed by atoms with Crippen LogP contribution in [-0.2, 0) is 9.59 Å². The monoisotopic (exact) mass is 475 g/mol. The Bertz CT molecular complexity index is 865. The van der Waals surface area contributed by atoms with Gasteiger partial charge in [-0.15, -0.1) is 0 Å². The maximum atomic E-state index is 11.0. The summed E-state index contributed by atoms with van der Waals surface area (Å²) in [7, 11) is 3.26. The molecule has 9 nitrogen and oxygen atoms in total. The number of unbranched alkanes of at least 4 members (excludes halogenated alkanes) is 2. The lowest BCUT2D eigenvalue weighted by Crippen LogP contribution is -2.28. The molecule has 0 heterocycles. The highest BCUT2D eigenvalue weighted by Gasteiger charge is 2.22. The van der Waals surface area contributed by atoms with Crippen LogP contribution < -0.4 is 14.8 Å². The number of rotatable bonds is 13. The topological polar surface area (TPSA) is 146 Å². The maximum absolute atomic E-state index is 11.0. The molecule has 0 spiro atoms. The standard InChI is InChI=1S/C21H29NO4.C4H4O4/c1-25-18-10-6-16(7-11-18)20(22-14-4-3-5-15-23)21(24)17-8-12-19(26-2)13-9-17;5-3(6)1-2-4(7)8/h6-13,20-24H,3-5,14-15H2,1-2H3;1-2H,(H,5,6)(H,7,8)/b;2-1+. The van der Waals surface area contributed by atoms with Crippen molar-refractivity contribution < 1.29 is 39.5 Å². The molecule has 0 aliphatic heterocycles. The van der Waals surface area contributed by atoms with Gasteiger partial charge in [0, 0.05) is 18.8 Å². The average Bonchev–Trinajstić information content (AvgIpc) is 2.85. The van der Waals surface area contributed by atoms with Crippen LogP contribution in [0.2, 0.25) is 0 Å². The quantitative estimate of drug-likeness (QED) is 0.218. The van der Waals surface area contributed by atoms with Crippen molar-refractivity contribution >= 4 is 11.9 Å². The van der Waals surface area contributed by atoms with Crippen LogP contribution in [0.5, 0.6) is 11.5 Å². The first-order valence-corrected chi connectivity index (χ1v) is 10.8. The van der Waals surface area contributed by atoms with Crippen LogP contribution in [0.15, 0.2) is 60.7 Å². The number of nitrogens with one attached hydrogen (secondary N) is 1. The molecule has 0 saturated heterocycles. The number of aliphatic carboxylic acids is 2. The molecule has 0 amide bonds. The first-order chi connectivity index (χ1) is 16.3. The first kappa shape index (κ1) is 28.6. The highest BCUT2D eigenvalue weighted by Crippen LogP contribution is 2.31. The number of aliphatic hydroxyl groups is 2. The second kappa shape index (κ2) is 16.2. The first-order valence-electron chi connectivity index (χ1n) is 10.8. The zero-order chi connectivity index (χ0) is 25.3. The molecule has 0 aliphatic rings. The third kappa shape index (κ3) is 11.0. The zero-order valence-corrected chi connectivity index (χ0v) is 19.4. The smallest absolute Gasteiger partial charge is 0.328 e. The minimum Gasteiger partial charge on any atom is -0.497 e. The highest BCUT2D eigenvalue weighted by atomic mass is 16.5. The molecule has 0 aliphatic carbocycles. The molecule has 5 N–H and O–H groups in total. The fourth-order valence-corrected chi connectivity index (χ4v) is 3.03. The van der Waals surface area contributed by atoms with Gasteiger partial charge in [-0.2, -0.15) is 0 Å². The molecule has 34 heavy (non-hydrogen) atoms. The van der Waals surface area contributed by atoms with Gasteiger partial charge in [0.2, 0.25) is 0 Å². The number of carbonyl (C=O) groups is 2. The van der Waals surface area contributed by atoms with Gasteiger partial charge in [0.25, 0.3) is 0 Å². The van der Waals surface area contributed by atoms with Crippen molar-refractivity contribution in [1.29, 1.82) is 0 Å². The molecule has 2 unspecified atom stereocenters. The van der Waals surface area contributed by atoms with E-state index < -0.39 is 18.0 Å². The van der Waals surface area contributed by atoms with Gasteiger partial charge in [-0.1, -0.05) is 24.3 Å². The van der Waals surface area contributed by atoms with Crippen LogP contribution >= 0.6 is 0 Å². The zero-order valence-electron chi connectivity index (χ0n) is 19.4. The Morgan fingerprint density at radius 3 is 1.71 bits per heavy atom. The molecular weight excluding hydrogens is 442 g/mol. The lowest BCUT2D eigenvalue weighted by molar-refractivity contribution is -0.134. The van der Waals surface area contributed by atoms with E-state index in [9.17, 15) is 14.7 Å². The molecule has 0 fully saturated rings.